The summed E-state index contributed by atoms with van der Waals surface area (Å²) in [5.74, 6) is 0.897. The maximum atomic E-state index is 5.31. The zero-order chi connectivity index (χ0) is 15.5. The molecule has 0 N–H and O–H groups in total. The predicted octanol–water partition coefficient (Wildman–Crippen LogP) is 3.63. The standard InChI is InChI=1S/C17H26N4O/c1-4-21-14(3)15(11-18-21)12-20-9-7-5-6-8-17(20)16-10-13(2)22-19-16/h10-11,17H,4-9,12H2,1-3H3/t17-/m0/s1. The molecule has 2 aromatic heterocycles. The van der Waals surface area contributed by atoms with Gasteiger partial charge in [0, 0.05) is 30.4 Å². The molecule has 0 saturated carbocycles. The molecule has 3 rings (SSSR count). The van der Waals surface area contributed by atoms with Crippen molar-refractivity contribution in [3.05, 3.63) is 35.0 Å². The lowest BCUT2D eigenvalue weighted by molar-refractivity contribution is 0.183. The minimum Gasteiger partial charge on any atom is -0.361 e. The molecule has 5 heteroatoms. The summed E-state index contributed by atoms with van der Waals surface area (Å²) in [4.78, 5) is 2.55. The van der Waals surface area contributed by atoms with Crippen LogP contribution in [0.4, 0.5) is 0 Å². The van der Waals surface area contributed by atoms with Crippen molar-refractivity contribution in [3.8, 4) is 0 Å². The Morgan fingerprint density at radius 1 is 1.27 bits per heavy atom. The van der Waals surface area contributed by atoms with Crippen molar-refractivity contribution in [2.24, 2.45) is 0 Å². The lowest BCUT2D eigenvalue weighted by Crippen LogP contribution is -2.28. The van der Waals surface area contributed by atoms with Gasteiger partial charge in [-0.1, -0.05) is 18.0 Å². The first kappa shape index (κ1) is 15.3. The summed E-state index contributed by atoms with van der Waals surface area (Å²) in [5, 5.41) is 8.76. The van der Waals surface area contributed by atoms with Crippen LogP contribution in [0.3, 0.4) is 0 Å². The number of aryl methyl sites for hydroxylation is 2. The summed E-state index contributed by atoms with van der Waals surface area (Å²) >= 11 is 0. The van der Waals surface area contributed by atoms with Crippen LogP contribution in [0.5, 0.6) is 0 Å². The fourth-order valence-corrected chi connectivity index (χ4v) is 3.41. The van der Waals surface area contributed by atoms with Gasteiger partial charge in [-0.15, -0.1) is 0 Å². The molecule has 0 aromatic carbocycles. The van der Waals surface area contributed by atoms with Crippen molar-refractivity contribution in [2.45, 2.75) is 65.6 Å². The maximum absolute atomic E-state index is 5.31. The van der Waals surface area contributed by atoms with Crippen molar-refractivity contribution in [2.75, 3.05) is 6.54 Å². The normalized spacial score (nSPS) is 20.2. The first-order valence-electron chi connectivity index (χ1n) is 8.37. The maximum Gasteiger partial charge on any atom is 0.133 e. The fourth-order valence-electron chi connectivity index (χ4n) is 3.41. The molecular weight excluding hydrogens is 276 g/mol. The highest BCUT2D eigenvalue weighted by Crippen LogP contribution is 2.31. The summed E-state index contributed by atoms with van der Waals surface area (Å²) in [6, 6.07) is 2.45. The third kappa shape index (κ3) is 3.09. The minimum absolute atomic E-state index is 0.365. The lowest BCUT2D eigenvalue weighted by atomic mass is 10.1. The quantitative estimate of drug-likeness (QED) is 0.865. The van der Waals surface area contributed by atoms with E-state index in [4.69, 9.17) is 4.52 Å². The van der Waals surface area contributed by atoms with E-state index in [1.807, 2.05) is 13.1 Å². The van der Waals surface area contributed by atoms with E-state index in [1.165, 1.54) is 30.5 Å². The molecule has 1 aliphatic heterocycles. The third-order valence-corrected chi connectivity index (χ3v) is 4.73. The molecule has 1 atom stereocenters. The van der Waals surface area contributed by atoms with Gasteiger partial charge < -0.3 is 4.52 Å². The van der Waals surface area contributed by atoms with Gasteiger partial charge in [0.25, 0.3) is 0 Å². The van der Waals surface area contributed by atoms with Gasteiger partial charge in [0.2, 0.25) is 0 Å². The average molecular weight is 302 g/mol. The number of rotatable bonds is 4. The number of hydrogen-bond donors (Lipinski definition) is 0. The van der Waals surface area contributed by atoms with Crippen LogP contribution in [-0.2, 0) is 13.1 Å². The minimum atomic E-state index is 0.365. The highest BCUT2D eigenvalue weighted by atomic mass is 16.5. The van der Waals surface area contributed by atoms with E-state index in [9.17, 15) is 0 Å². The first-order valence-corrected chi connectivity index (χ1v) is 8.37. The van der Waals surface area contributed by atoms with Crippen LogP contribution in [-0.4, -0.2) is 26.4 Å². The van der Waals surface area contributed by atoms with E-state index in [0.29, 0.717) is 6.04 Å². The molecule has 0 aliphatic carbocycles. The van der Waals surface area contributed by atoms with Gasteiger partial charge in [-0.2, -0.15) is 5.10 Å². The zero-order valence-electron chi connectivity index (χ0n) is 13.9. The molecule has 1 saturated heterocycles. The Morgan fingerprint density at radius 3 is 2.82 bits per heavy atom. The Labute approximate surface area is 132 Å². The van der Waals surface area contributed by atoms with E-state index in [2.05, 4.69) is 39.8 Å². The summed E-state index contributed by atoms with van der Waals surface area (Å²) < 4.78 is 7.38. The largest absolute Gasteiger partial charge is 0.361 e. The van der Waals surface area contributed by atoms with E-state index in [-0.39, 0.29) is 0 Å². The van der Waals surface area contributed by atoms with Crippen LogP contribution in [0, 0.1) is 13.8 Å². The Kier molecular flexibility index (Phi) is 4.62. The molecule has 3 heterocycles. The Balaban J connectivity index is 1.82. The third-order valence-electron chi connectivity index (χ3n) is 4.73. The van der Waals surface area contributed by atoms with E-state index >= 15 is 0 Å². The topological polar surface area (TPSA) is 47.1 Å². The summed E-state index contributed by atoms with van der Waals surface area (Å²) in [7, 11) is 0. The second-order valence-corrected chi connectivity index (χ2v) is 6.27. The summed E-state index contributed by atoms with van der Waals surface area (Å²) in [5.41, 5.74) is 3.69. The predicted molar refractivity (Wildman–Crippen MR) is 85.5 cm³/mol. The second kappa shape index (κ2) is 6.65. The molecule has 0 radical (unpaired) electrons. The van der Waals surface area contributed by atoms with E-state index in [0.717, 1.165) is 37.5 Å². The van der Waals surface area contributed by atoms with Gasteiger partial charge >= 0.3 is 0 Å². The van der Waals surface area contributed by atoms with Crippen molar-refractivity contribution >= 4 is 0 Å². The van der Waals surface area contributed by atoms with Crippen LogP contribution in [0.2, 0.25) is 0 Å². The second-order valence-electron chi connectivity index (χ2n) is 6.27. The zero-order valence-corrected chi connectivity index (χ0v) is 13.9. The number of likely N-dealkylation sites (tertiary alicyclic amines) is 1. The van der Waals surface area contributed by atoms with Crippen molar-refractivity contribution in [1.82, 2.24) is 19.8 Å². The molecule has 120 valence electrons. The highest BCUT2D eigenvalue weighted by Gasteiger charge is 2.26. The number of nitrogens with zero attached hydrogens (tertiary/aromatic N) is 4. The molecule has 1 aliphatic rings. The van der Waals surface area contributed by atoms with Crippen LogP contribution in [0.1, 0.15) is 61.4 Å². The van der Waals surface area contributed by atoms with Gasteiger partial charge in [-0.3, -0.25) is 9.58 Å². The average Bonchev–Trinajstić information content (AvgIpc) is 3.00. The number of hydrogen-bond acceptors (Lipinski definition) is 4. The molecule has 22 heavy (non-hydrogen) atoms. The van der Waals surface area contributed by atoms with Crippen LogP contribution in [0.15, 0.2) is 16.8 Å². The molecule has 0 bridgehead atoms. The van der Waals surface area contributed by atoms with Crippen molar-refractivity contribution < 1.29 is 4.52 Å². The number of aromatic nitrogens is 3. The molecule has 2 aromatic rings. The molecule has 0 spiro atoms. The first-order chi connectivity index (χ1) is 10.7. The van der Waals surface area contributed by atoms with Crippen molar-refractivity contribution in [3.63, 3.8) is 0 Å². The van der Waals surface area contributed by atoms with Gasteiger partial charge in [0.1, 0.15) is 11.5 Å². The molecule has 0 amide bonds. The van der Waals surface area contributed by atoms with Gasteiger partial charge in [-0.05, 0) is 40.2 Å². The molecular formula is C17H26N4O. The van der Waals surface area contributed by atoms with Crippen LogP contribution >= 0.6 is 0 Å². The summed E-state index contributed by atoms with van der Waals surface area (Å²) in [6.45, 7) is 9.26. The van der Waals surface area contributed by atoms with Crippen LogP contribution < -0.4 is 0 Å². The highest BCUT2D eigenvalue weighted by molar-refractivity contribution is 5.17. The smallest absolute Gasteiger partial charge is 0.133 e. The Morgan fingerprint density at radius 2 is 2.14 bits per heavy atom. The van der Waals surface area contributed by atoms with Gasteiger partial charge in [0.05, 0.1) is 12.2 Å². The molecule has 1 fully saturated rings. The van der Waals surface area contributed by atoms with Crippen LogP contribution in [0.25, 0.3) is 0 Å². The monoisotopic (exact) mass is 302 g/mol. The Hall–Kier alpha value is -1.62. The molecule has 0 unspecified atom stereocenters. The molecule has 5 nitrogen and oxygen atoms in total. The summed E-state index contributed by atoms with van der Waals surface area (Å²) in [6.07, 6.45) is 7.01. The fraction of sp³-hybridized carbons (Fsp3) is 0.647. The Bertz CT molecular complexity index is 616. The lowest BCUT2D eigenvalue weighted by Gasteiger charge is -2.28. The SMILES string of the molecule is CCn1ncc(CN2CCCCC[C@H]2c2cc(C)on2)c1C. The van der Waals surface area contributed by atoms with E-state index < -0.39 is 0 Å². The van der Waals surface area contributed by atoms with Crippen molar-refractivity contribution in [1.29, 1.82) is 0 Å². The van der Waals surface area contributed by atoms with Gasteiger partial charge in [0.15, 0.2) is 0 Å². The van der Waals surface area contributed by atoms with Gasteiger partial charge in [-0.25, -0.2) is 0 Å². The van der Waals surface area contributed by atoms with E-state index in [1.54, 1.807) is 0 Å².